The van der Waals surface area contributed by atoms with Gasteiger partial charge in [0.1, 0.15) is 0 Å². The van der Waals surface area contributed by atoms with Crippen LogP contribution in [0, 0.1) is 0 Å². The van der Waals surface area contributed by atoms with Crippen LogP contribution in [0.25, 0.3) is 0 Å². The third-order valence-corrected chi connectivity index (χ3v) is 0.853. The van der Waals surface area contributed by atoms with Gasteiger partial charge in [0.05, 0.1) is 6.26 Å². The predicted octanol–water partition coefficient (Wildman–Crippen LogP) is -0.139. The summed E-state index contributed by atoms with van der Waals surface area (Å²) in [5, 5.41) is 1.12. The monoisotopic (exact) mass is 175 g/mol. The van der Waals surface area contributed by atoms with Gasteiger partial charge in [-0.3, -0.25) is 0 Å². The van der Waals surface area contributed by atoms with Crippen LogP contribution in [0.5, 0.6) is 0 Å². The molecule has 0 amide bonds. The highest BCUT2D eigenvalue weighted by atomic mass is 35.5. The van der Waals surface area contributed by atoms with Crippen LogP contribution in [0.4, 0.5) is 0 Å². The topological polar surface area (TPSA) is 46.6 Å². The second-order valence-corrected chi connectivity index (χ2v) is 3.15. The van der Waals surface area contributed by atoms with Crippen molar-refractivity contribution in [3.8, 4) is 0 Å². The molecule has 9 heavy (non-hydrogen) atoms. The summed E-state index contributed by atoms with van der Waals surface area (Å²) in [4.78, 5) is 0. The van der Waals surface area contributed by atoms with Crippen LogP contribution in [0.2, 0.25) is 0 Å². The molecule has 0 aliphatic heterocycles. The average Bonchev–Trinajstić information content (AvgIpc) is 1.21. The van der Waals surface area contributed by atoms with E-state index < -0.39 is 10.1 Å². The van der Waals surface area contributed by atoms with E-state index in [0.29, 0.717) is 0 Å². The van der Waals surface area contributed by atoms with Crippen molar-refractivity contribution in [3.63, 3.8) is 0 Å². The molecule has 6 heteroatoms. The third kappa shape index (κ3) is 11.6. The highest BCUT2D eigenvalue weighted by Crippen LogP contribution is 1.86. The Morgan fingerprint density at radius 1 is 1.33 bits per heavy atom. The van der Waals surface area contributed by atoms with E-state index in [9.17, 15) is 8.42 Å². The molecule has 4 nitrogen and oxygen atoms in total. The molecule has 0 saturated heterocycles. The number of nitrogens with zero attached hydrogens (tertiary/aromatic N) is 1. The SMILES string of the molecule is CN(C)OS(C)(=O)=O.Cl. The van der Waals surface area contributed by atoms with Gasteiger partial charge in [-0.1, -0.05) is 0 Å². The first kappa shape index (κ1) is 11.9. The first-order chi connectivity index (χ1) is 3.42. The van der Waals surface area contributed by atoms with E-state index >= 15 is 0 Å². The molecule has 0 atom stereocenters. The van der Waals surface area contributed by atoms with Gasteiger partial charge >= 0.3 is 0 Å². The van der Waals surface area contributed by atoms with E-state index in [1.54, 1.807) is 0 Å². The number of hydrogen-bond donors (Lipinski definition) is 0. The van der Waals surface area contributed by atoms with Crippen LogP contribution in [-0.2, 0) is 14.4 Å². The van der Waals surface area contributed by atoms with Crippen molar-refractivity contribution in [2.24, 2.45) is 0 Å². The second-order valence-electron chi connectivity index (χ2n) is 1.59. The number of rotatable bonds is 2. The number of halogens is 1. The lowest BCUT2D eigenvalue weighted by molar-refractivity contribution is 0.00637. The van der Waals surface area contributed by atoms with Crippen LogP contribution in [-0.4, -0.2) is 33.8 Å². The van der Waals surface area contributed by atoms with E-state index in [1.807, 2.05) is 0 Å². The highest BCUT2D eigenvalue weighted by molar-refractivity contribution is 7.85. The molecule has 0 aliphatic rings. The van der Waals surface area contributed by atoms with E-state index in [4.69, 9.17) is 0 Å². The van der Waals surface area contributed by atoms with Crippen molar-refractivity contribution in [1.29, 1.82) is 0 Å². The minimum atomic E-state index is -3.30. The van der Waals surface area contributed by atoms with Gasteiger partial charge in [0, 0.05) is 14.1 Å². The van der Waals surface area contributed by atoms with Crippen LogP contribution in [0.15, 0.2) is 0 Å². The third-order valence-electron chi connectivity index (χ3n) is 0.284. The zero-order chi connectivity index (χ0) is 6.78. The molecular weight excluding hydrogens is 166 g/mol. The van der Waals surface area contributed by atoms with Crippen LogP contribution in [0.1, 0.15) is 0 Å². The van der Waals surface area contributed by atoms with Crippen molar-refractivity contribution in [2.45, 2.75) is 0 Å². The van der Waals surface area contributed by atoms with Crippen molar-refractivity contribution in [2.75, 3.05) is 20.4 Å². The lowest BCUT2D eigenvalue weighted by Gasteiger charge is -2.05. The fourth-order valence-corrected chi connectivity index (χ4v) is 0.812. The van der Waals surface area contributed by atoms with Gasteiger partial charge in [0.25, 0.3) is 10.1 Å². The van der Waals surface area contributed by atoms with Gasteiger partial charge in [-0.15, -0.1) is 12.4 Å². The molecule has 0 aromatic heterocycles. The largest absolute Gasteiger partial charge is 0.280 e. The molecular formula is C3H10ClNO3S. The Balaban J connectivity index is 0. The fourth-order valence-electron chi connectivity index (χ4n) is 0.271. The maximum Gasteiger partial charge on any atom is 0.280 e. The standard InChI is InChI=1S/C3H9NO3S.ClH/c1-4(2)7-8(3,5)6;/h1-3H3;1H. The zero-order valence-electron chi connectivity index (χ0n) is 5.49. The van der Waals surface area contributed by atoms with Gasteiger partial charge < -0.3 is 0 Å². The van der Waals surface area contributed by atoms with E-state index in [1.165, 1.54) is 14.1 Å². The Kier molecular flexibility index (Phi) is 5.36. The van der Waals surface area contributed by atoms with E-state index in [-0.39, 0.29) is 12.4 Å². The summed E-state index contributed by atoms with van der Waals surface area (Å²) in [6.45, 7) is 0. The maximum absolute atomic E-state index is 10.2. The molecule has 0 N–H and O–H groups in total. The van der Waals surface area contributed by atoms with Crippen LogP contribution in [0.3, 0.4) is 0 Å². The van der Waals surface area contributed by atoms with Crippen molar-refractivity contribution < 1.29 is 12.7 Å². The van der Waals surface area contributed by atoms with Crippen LogP contribution >= 0.6 is 12.4 Å². The van der Waals surface area contributed by atoms with E-state index in [0.717, 1.165) is 11.3 Å². The lowest BCUT2D eigenvalue weighted by atomic mass is 11.2. The summed E-state index contributed by atoms with van der Waals surface area (Å²) < 4.78 is 24.6. The van der Waals surface area contributed by atoms with Crippen molar-refractivity contribution >= 4 is 22.5 Å². The smallest absolute Gasteiger partial charge is 0.198 e. The molecule has 0 spiro atoms. The number of hydroxylamine groups is 2. The van der Waals surface area contributed by atoms with Crippen molar-refractivity contribution in [1.82, 2.24) is 5.06 Å². The summed E-state index contributed by atoms with van der Waals surface area (Å²) in [5.74, 6) is 0. The Bertz CT molecular complexity index is 152. The summed E-state index contributed by atoms with van der Waals surface area (Å²) in [5.41, 5.74) is 0. The normalized spacial score (nSPS) is 11.1. The molecule has 0 saturated carbocycles. The first-order valence-corrected chi connectivity index (χ1v) is 3.80. The van der Waals surface area contributed by atoms with Gasteiger partial charge in [0.2, 0.25) is 0 Å². The minimum absolute atomic E-state index is 0. The summed E-state index contributed by atoms with van der Waals surface area (Å²) >= 11 is 0. The minimum Gasteiger partial charge on any atom is -0.198 e. The molecule has 0 aromatic rings. The maximum atomic E-state index is 10.2. The predicted molar refractivity (Wildman–Crippen MR) is 36.9 cm³/mol. The molecule has 0 fully saturated rings. The Morgan fingerprint density at radius 2 is 1.67 bits per heavy atom. The summed E-state index contributed by atoms with van der Waals surface area (Å²) in [6, 6.07) is 0. The molecule has 0 radical (unpaired) electrons. The molecule has 0 aliphatic carbocycles. The Morgan fingerprint density at radius 3 is 1.67 bits per heavy atom. The van der Waals surface area contributed by atoms with Gasteiger partial charge in [-0.25, -0.2) is 0 Å². The molecule has 0 bridgehead atoms. The summed E-state index contributed by atoms with van der Waals surface area (Å²) in [6.07, 6.45) is 0.993. The Hall–Kier alpha value is 0.160. The molecule has 0 aromatic carbocycles. The molecule has 0 rings (SSSR count). The van der Waals surface area contributed by atoms with Crippen molar-refractivity contribution in [3.05, 3.63) is 0 Å². The molecule has 0 unspecified atom stereocenters. The zero-order valence-corrected chi connectivity index (χ0v) is 7.12. The van der Waals surface area contributed by atoms with Gasteiger partial charge in [-0.05, 0) is 0 Å². The van der Waals surface area contributed by atoms with Gasteiger partial charge in [-0.2, -0.15) is 17.8 Å². The van der Waals surface area contributed by atoms with Crippen LogP contribution < -0.4 is 0 Å². The second kappa shape index (κ2) is 4.05. The van der Waals surface area contributed by atoms with E-state index in [2.05, 4.69) is 4.28 Å². The fraction of sp³-hybridized carbons (Fsp3) is 1.00. The summed E-state index contributed by atoms with van der Waals surface area (Å²) in [7, 11) is -0.295. The average molecular weight is 176 g/mol. The first-order valence-electron chi connectivity index (χ1n) is 1.99. The molecule has 0 heterocycles. The Labute approximate surface area is 61.3 Å². The molecule has 58 valence electrons. The number of hydrogen-bond acceptors (Lipinski definition) is 4. The highest BCUT2D eigenvalue weighted by Gasteiger charge is 2.01. The van der Waals surface area contributed by atoms with Gasteiger partial charge in [0.15, 0.2) is 0 Å². The lowest BCUT2D eigenvalue weighted by Crippen LogP contribution is -2.17. The quantitative estimate of drug-likeness (QED) is 0.549.